The molecule has 1 heterocycles. The molecule has 0 atom stereocenters. The fourth-order valence-electron chi connectivity index (χ4n) is 2.66. The highest BCUT2D eigenvalue weighted by molar-refractivity contribution is 7.89. The molecule has 3 N–H and O–H groups in total. The molecule has 1 saturated carbocycles. The standard InChI is InChI=1S/C13H22N4O2S/c1-17(11-7-4-2-3-5-8-11)20(18,19)13-12(16-14)9-6-10-15-13/h6,9-11,16H,2-5,7-8,14H2,1H3. The lowest BCUT2D eigenvalue weighted by Crippen LogP contribution is -2.37. The van der Waals surface area contributed by atoms with Gasteiger partial charge in [0.15, 0.2) is 5.03 Å². The Morgan fingerprint density at radius 1 is 1.30 bits per heavy atom. The summed E-state index contributed by atoms with van der Waals surface area (Å²) in [6, 6.07) is 3.32. The van der Waals surface area contributed by atoms with Gasteiger partial charge in [0.25, 0.3) is 10.0 Å². The maximum absolute atomic E-state index is 12.7. The first kappa shape index (κ1) is 15.2. The number of hydrogen-bond acceptors (Lipinski definition) is 5. The molecule has 0 unspecified atom stereocenters. The van der Waals surface area contributed by atoms with E-state index in [9.17, 15) is 8.42 Å². The zero-order chi connectivity index (χ0) is 14.6. The van der Waals surface area contributed by atoms with Crippen molar-refractivity contribution in [2.75, 3.05) is 12.5 Å². The van der Waals surface area contributed by atoms with Gasteiger partial charge in [0.1, 0.15) is 0 Å². The third-order valence-corrected chi connectivity index (χ3v) is 5.76. The predicted octanol–water partition coefficient (Wildman–Crippen LogP) is 1.71. The first-order valence-corrected chi connectivity index (χ1v) is 8.41. The molecule has 1 aliphatic carbocycles. The largest absolute Gasteiger partial charge is 0.321 e. The van der Waals surface area contributed by atoms with Crippen molar-refractivity contribution in [3.63, 3.8) is 0 Å². The second-order valence-corrected chi connectivity index (χ2v) is 7.08. The van der Waals surface area contributed by atoms with E-state index in [1.807, 2.05) is 0 Å². The van der Waals surface area contributed by atoms with Crippen molar-refractivity contribution in [1.82, 2.24) is 9.29 Å². The lowest BCUT2D eigenvalue weighted by atomic mass is 10.1. The molecule has 1 aromatic heterocycles. The number of nitrogens with zero attached hydrogens (tertiary/aromatic N) is 2. The maximum atomic E-state index is 12.7. The molecule has 1 aromatic rings. The highest BCUT2D eigenvalue weighted by atomic mass is 32.2. The Morgan fingerprint density at radius 3 is 2.55 bits per heavy atom. The third-order valence-electron chi connectivity index (χ3n) is 3.89. The van der Waals surface area contributed by atoms with Gasteiger partial charge in [-0.3, -0.25) is 5.84 Å². The molecular formula is C13H22N4O2S. The number of rotatable bonds is 4. The summed E-state index contributed by atoms with van der Waals surface area (Å²) in [6.07, 6.45) is 7.81. The Labute approximate surface area is 120 Å². The zero-order valence-corrected chi connectivity index (χ0v) is 12.6. The number of hydrogen-bond donors (Lipinski definition) is 2. The third kappa shape index (κ3) is 3.11. The van der Waals surface area contributed by atoms with Crippen LogP contribution in [-0.2, 0) is 10.0 Å². The van der Waals surface area contributed by atoms with Gasteiger partial charge in [-0.05, 0) is 25.0 Å². The number of pyridine rings is 1. The quantitative estimate of drug-likeness (QED) is 0.502. The fourth-order valence-corrected chi connectivity index (χ4v) is 4.14. The van der Waals surface area contributed by atoms with E-state index in [1.165, 1.54) is 23.3 Å². The molecule has 20 heavy (non-hydrogen) atoms. The van der Waals surface area contributed by atoms with Crippen LogP contribution in [0.4, 0.5) is 5.69 Å². The van der Waals surface area contributed by atoms with Crippen molar-refractivity contribution >= 4 is 15.7 Å². The van der Waals surface area contributed by atoms with Gasteiger partial charge >= 0.3 is 0 Å². The van der Waals surface area contributed by atoms with Crippen molar-refractivity contribution in [3.8, 4) is 0 Å². The van der Waals surface area contributed by atoms with Crippen LogP contribution in [0.5, 0.6) is 0 Å². The number of nitrogen functional groups attached to an aromatic ring is 1. The summed E-state index contributed by atoms with van der Waals surface area (Å²) in [7, 11) is -1.98. The van der Waals surface area contributed by atoms with E-state index < -0.39 is 10.0 Å². The summed E-state index contributed by atoms with van der Waals surface area (Å²) in [5.41, 5.74) is 2.73. The van der Waals surface area contributed by atoms with Crippen molar-refractivity contribution in [2.24, 2.45) is 5.84 Å². The van der Waals surface area contributed by atoms with Gasteiger partial charge in [0, 0.05) is 19.3 Å². The minimum Gasteiger partial charge on any atom is -0.321 e. The van der Waals surface area contributed by atoms with Crippen LogP contribution in [0.2, 0.25) is 0 Å². The molecule has 0 radical (unpaired) electrons. The molecule has 0 aromatic carbocycles. The molecule has 0 aliphatic heterocycles. The Morgan fingerprint density at radius 2 is 1.95 bits per heavy atom. The van der Waals surface area contributed by atoms with Crippen LogP contribution in [0.25, 0.3) is 0 Å². The summed E-state index contributed by atoms with van der Waals surface area (Å²) < 4.78 is 26.8. The Hall–Kier alpha value is -1.18. The van der Waals surface area contributed by atoms with Crippen LogP contribution >= 0.6 is 0 Å². The average Bonchev–Trinajstić information content (AvgIpc) is 2.75. The highest BCUT2D eigenvalue weighted by Gasteiger charge is 2.31. The molecule has 1 fully saturated rings. The molecule has 6 nitrogen and oxygen atoms in total. The molecule has 0 saturated heterocycles. The summed E-state index contributed by atoms with van der Waals surface area (Å²) in [5.74, 6) is 5.38. The predicted molar refractivity (Wildman–Crippen MR) is 78.5 cm³/mol. The van der Waals surface area contributed by atoms with Crippen LogP contribution in [0.3, 0.4) is 0 Å². The van der Waals surface area contributed by atoms with Crippen molar-refractivity contribution < 1.29 is 8.42 Å². The van der Waals surface area contributed by atoms with Crippen LogP contribution in [0.15, 0.2) is 23.4 Å². The zero-order valence-electron chi connectivity index (χ0n) is 11.7. The number of nitrogens with one attached hydrogen (secondary N) is 1. The SMILES string of the molecule is CN(C1CCCCCC1)S(=O)(=O)c1ncccc1NN. The topological polar surface area (TPSA) is 88.3 Å². The van der Waals surface area contributed by atoms with E-state index in [1.54, 1.807) is 19.2 Å². The van der Waals surface area contributed by atoms with E-state index in [0.29, 0.717) is 5.69 Å². The summed E-state index contributed by atoms with van der Waals surface area (Å²) in [5, 5.41) is -0.00533. The minimum atomic E-state index is -3.62. The Kier molecular flexibility index (Phi) is 4.95. The second kappa shape index (κ2) is 6.51. The number of hydrazine groups is 1. The van der Waals surface area contributed by atoms with Gasteiger partial charge in [0.2, 0.25) is 0 Å². The van der Waals surface area contributed by atoms with Crippen molar-refractivity contribution in [3.05, 3.63) is 18.3 Å². The lowest BCUT2D eigenvalue weighted by Gasteiger charge is -2.26. The Bertz CT molecular complexity index is 539. The monoisotopic (exact) mass is 298 g/mol. The van der Waals surface area contributed by atoms with Gasteiger partial charge in [-0.1, -0.05) is 25.7 Å². The fraction of sp³-hybridized carbons (Fsp3) is 0.615. The van der Waals surface area contributed by atoms with Crippen LogP contribution in [-0.4, -0.2) is 30.8 Å². The smallest absolute Gasteiger partial charge is 0.262 e. The molecule has 112 valence electrons. The average molecular weight is 298 g/mol. The molecule has 1 aliphatic rings. The summed E-state index contributed by atoms with van der Waals surface area (Å²) in [4.78, 5) is 3.99. The Balaban J connectivity index is 2.28. The van der Waals surface area contributed by atoms with E-state index in [-0.39, 0.29) is 11.1 Å². The first-order chi connectivity index (χ1) is 9.57. The lowest BCUT2D eigenvalue weighted by molar-refractivity contribution is 0.335. The number of aromatic nitrogens is 1. The number of anilines is 1. The van der Waals surface area contributed by atoms with Crippen molar-refractivity contribution in [2.45, 2.75) is 49.6 Å². The van der Waals surface area contributed by atoms with E-state index >= 15 is 0 Å². The molecule has 7 heteroatoms. The molecule has 2 rings (SSSR count). The molecule has 0 spiro atoms. The van der Waals surface area contributed by atoms with Crippen molar-refractivity contribution in [1.29, 1.82) is 0 Å². The molecule has 0 bridgehead atoms. The van der Waals surface area contributed by atoms with Crippen LogP contribution in [0, 0.1) is 0 Å². The van der Waals surface area contributed by atoms with Crippen LogP contribution in [0.1, 0.15) is 38.5 Å². The van der Waals surface area contributed by atoms with E-state index in [0.717, 1.165) is 25.7 Å². The normalized spacial score (nSPS) is 17.9. The molecule has 0 amide bonds. The highest BCUT2D eigenvalue weighted by Crippen LogP contribution is 2.27. The van der Waals surface area contributed by atoms with Crippen LogP contribution < -0.4 is 11.3 Å². The second-order valence-electron chi connectivity index (χ2n) is 5.17. The van der Waals surface area contributed by atoms with Gasteiger partial charge in [-0.15, -0.1) is 0 Å². The first-order valence-electron chi connectivity index (χ1n) is 6.97. The van der Waals surface area contributed by atoms with Gasteiger partial charge in [-0.25, -0.2) is 13.4 Å². The van der Waals surface area contributed by atoms with E-state index in [4.69, 9.17) is 5.84 Å². The maximum Gasteiger partial charge on any atom is 0.262 e. The van der Waals surface area contributed by atoms with Gasteiger partial charge < -0.3 is 5.43 Å². The number of nitrogens with two attached hydrogens (primary N) is 1. The van der Waals surface area contributed by atoms with E-state index in [2.05, 4.69) is 10.4 Å². The summed E-state index contributed by atoms with van der Waals surface area (Å²) >= 11 is 0. The summed E-state index contributed by atoms with van der Waals surface area (Å²) in [6.45, 7) is 0. The molecular weight excluding hydrogens is 276 g/mol. The number of sulfonamides is 1. The minimum absolute atomic E-state index is 0.00533. The van der Waals surface area contributed by atoms with Gasteiger partial charge in [-0.2, -0.15) is 4.31 Å². The van der Waals surface area contributed by atoms with Gasteiger partial charge in [0.05, 0.1) is 5.69 Å².